The molecule has 0 radical (unpaired) electrons. The smallest absolute Gasteiger partial charge is 0.266 e. The summed E-state index contributed by atoms with van der Waals surface area (Å²) in [4.78, 5) is 23.5. The number of aromatic nitrogens is 1. The van der Waals surface area contributed by atoms with Crippen LogP contribution in [0.25, 0.3) is 0 Å². The van der Waals surface area contributed by atoms with E-state index in [1.165, 1.54) is 11.3 Å². The normalized spacial score (nSPS) is 16.8. The zero-order valence-corrected chi connectivity index (χ0v) is 14.2. The average molecular weight is 350 g/mol. The first-order chi connectivity index (χ1) is 11.1. The van der Waals surface area contributed by atoms with Crippen LogP contribution in [-0.4, -0.2) is 34.7 Å². The number of thiazole rings is 1. The highest BCUT2D eigenvalue weighted by molar-refractivity contribution is 7.07. The first-order valence-electron chi connectivity index (χ1n) is 7.20. The van der Waals surface area contributed by atoms with Crippen molar-refractivity contribution in [1.82, 2.24) is 9.88 Å². The number of carbonyl (C=O) groups excluding carboxylic acids is 1. The molecule has 1 unspecified atom stereocenters. The van der Waals surface area contributed by atoms with Gasteiger partial charge in [-0.2, -0.15) is 0 Å². The molecule has 0 saturated carbocycles. The lowest BCUT2D eigenvalue weighted by Gasteiger charge is -2.18. The number of amides is 1. The predicted molar refractivity (Wildman–Crippen MR) is 90.7 cm³/mol. The van der Waals surface area contributed by atoms with E-state index in [0.717, 1.165) is 17.0 Å². The van der Waals surface area contributed by atoms with Gasteiger partial charge < -0.3 is 9.74 Å². The van der Waals surface area contributed by atoms with Crippen molar-refractivity contribution in [3.63, 3.8) is 0 Å². The Bertz CT molecular complexity index is 718. The molecule has 0 fully saturated rings. The molecule has 2 heterocycles. The third-order valence-electron chi connectivity index (χ3n) is 3.56. The van der Waals surface area contributed by atoms with Crippen LogP contribution in [0.15, 0.2) is 40.3 Å². The fourth-order valence-electron chi connectivity index (χ4n) is 2.43. The molecular formula is C16H16ClN3O2S. The Balaban J connectivity index is 1.54. The lowest BCUT2D eigenvalue weighted by Crippen LogP contribution is -2.36. The predicted octanol–water partition coefficient (Wildman–Crippen LogP) is 3.14. The van der Waals surface area contributed by atoms with E-state index in [9.17, 15) is 4.79 Å². The van der Waals surface area contributed by atoms with E-state index in [-0.39, 0.29) is 5.91 Å². The molecule has 120 valence electrons. The molecule has 0 spiro atoms. The van der Waals surface area contributed by atoms with Crippen molar-refractivity contribution in [1.29, 1.82) is 0 Å². The highest BCUT2D eigenvalue weighted by Crippen LogP contribution is 2.19. The van der Waals surface area contributed by atoms with Gasteiger partial charge in [0.1, 0.15) is 0 Å². The molecule has 2 aromatic rings. The minimum absolute atomic E-state index is 0.0807. The Labute approximate surface area is 143 Å². The van der Waals surface area contributed by atoms with Crippen molar-refractivity contribution < 1.29 is 9.63 Å². The van der Waals surface area contributed by atoms with Gasteiger partial charge in [0.05, 0.1) is 23.5 Å². The van der Waals surface area contributed by atoms with Crippen LogP contribution in [0, 0.1) is 0 Å². The summed E-state index contributed by atoms with van der Waals surface area (Å²) >= 11 is 7.50. The zero-order chi connectivity index (χ0) is 16.2. The molecule has 7 heteroatoms. The summed E-state index contributed by atoms with van der Waals surface area (Å²) < 4.78 is 0. The van der Waals surface area contributed by atoms with Crippen LogP contribution in [0.4, 0.5) is 0 Å². The van der Waals surface area contributed by atoms with Crippen molar-refractivity contribution in [3.05, 3.63) is 51.4 Å². The third kappa shape index (κ3) is 4.09. The molecule has 1 amide bonds. The topological polar surface area (TPSA) is 54.8 Å². The summed E-state index contributed by atoms with van der Waals surface area (Å²) in [7, 11) is 1.75. The minimum Gasteiger partial charge on any atom is -0.382 e. The maximum Gasteiger partial charge on any atom is 0.266 e. The molecule has 3 rings (SSSR count). The average Bonchev–Trinajstić information content (AvgIpc) is 3.18. The molecular weight excluding hydrogens is 334 g/mol. The summed E-state index contributed by atoms with van der Waals surface area (Å²) in [6.45, 7) is 0.478. The maximum atomic E-state index is 12.4. The highest BCUT2D eigenvalue weighted by Gasteiger charge is 2.30. The van der Waals surface area contributed by atoms with E-state index in [1.54, 1.807) is 17.5 Å². The van der Waals surface area contributed by atoms with Crippen molar-refractivity contribution in [3.8, 4) is 0 Å². The van der Waals surface area contributed by atoms with Crippen LogP contribution in [-0.2, 0) is 22.6 Å². The number of nitrogens with zero attached hydrogens (tertiary/aromatic N) is 3. The van der Waals surface area contributed by atoms with Crippen LogP contribution < -0.4 is 0 Å². The lowest BCUT2D eigenvalue weighted by atomic mass is 10.0. The second-order valence-corrected chi connectivity index (χ2v) is 6.59. The fourth-order valence-corrected chi connectivity index (χ4v) is 3.19. The van der Waals surface area contributed by atoms with Crippen molar-refractivity contribution >= 4 is 34.6 Å². The third-order valence-corrected chi connectivity index (χ3v) is 4.43. The second kappa shape index (κ2) is 7.10. The number of hydrogen-bond donors (Lipinski definition) is 0. The molecule has 1 aliphatic rings. The Morgan fingerprint density at radius 1 is 1.52 bits per heavy atom. The molecule has 1 atom stereocenters. The van der Waals surface area contributed by atoms with Crippen LogP contribution in [0.5, 0.6) is 0 Å². The van der Waals surface area contributed by atoms with E-state index in [4.69, 9.17) is 16.4 Å². The van der Waals surface area contributed by atoms with Crippen LogP contribution in [0.2, 0.25) is 5.02 Å². The Kier molecular flexibility index (Phi) is 4.93. The number of benzene rings is 1. The fraction of sp³-hybridized carbons (Fsp3) is 0.312. The number of rotatable bonds is 5. The van der Waals surface area contributed by atoms with Gasteiger partial charge in [-0.05, 0) is 17.7 Å². The van der Waals surface area contributed by atoms with Crippen molar-refractivity contribution in [2.45, 2.75) is 25.5 Å². The van der Waals surface area contributed by atoms with Gasteiger partial charge in [-0.1, -0.05) is 28.9 Å². The number of hydrogen-bond acceptors (Lipinski definition) is 5. The van der Waals surface area contributed by atoms with Gasteiger partial charge in [0.25, 0.3) is 5.91 Å². The highest BCUT2D eigenvalue weighted by atomic mass is 35.5. The number of carbonyl (C=O) groups is 1. The second-order valence-electron chi connectivity index (χ2n) is 5.44. The van der Waals surface area contributed by atoms with Gasteiger partial charge in [-0.15, -0.1) is 11.3 Å². The van der Waals surface area contributed by atoms with Gasteiger partial charge in [0.15, 0.2) is 0 Å². The summed E-state index contributed by atoms with van der Waals surface area (Å²) in [5, 5.41) is 6.68. The number of likely N-dealkylation sites (N-methyl/N-ethyl adjacent to an activating group) is 1. The van der Waals surface area contributed by atoms with E-state index in [0.29, 0.717) is 24.4 Å². The number of oxime groups is 1. The Morgan fingerprint density at radius 2 is 2.39 bits per heavy atom. The molecule has 0 aliphatic carbocycles. The standard InChI is InChI=1S/C16H16ClN3O2S/c1-20(8-14-9-23-10-18-14)16(21)15-7-13(19-22-15)6-11-3-2-4-12(17)5-11/h2-5,9-10,15H,6-8H2,1H3. The van der Waals surface area contributed by atoms with Crippen LogP contribution in [0.3, 0.4) is 0 Å². The largest absolute Gasteiger partial charge is 0.382 e. The van der Waals surface area contributed by atoms with Gasteiger partial charge in [-0.25, -0.2) is 4.98 Å². The summed E-state index contributed by atoms with van der Waals surface area (Å²) in [6, 6.07) is 7.61. The van der Waals surface area contributed by atoms with Crippen LogP contribution in [0.1, 0.15) is 17.7 Å². The molecule has 1 aliphatic heterocycles. The lowest BCUT2D eigenvalue weighted by molar-refractivity contribution is -0.141. The molecule has 0 N–H and O–H groups in total. The molecule has 1 aromatic carbocycles. The van der Waals surface area contributed by atoms with Crippen LogP contribution >= 0.6 is 22.9 Å². The molecule has 0 bridgehead atoms. The monoisotopic (exact) mass is 349 g/mol. The molecule has 1 aromatic heterocycles. The molecule has 0 saturated heterocycles. The Morgan fingerprint density at radius 3 is 3.13 bits per heavy atom. The van der Waals surface area contributed by atoms with E-state index >= 15 is 0 Å². The zero-order valence-electron chi connectivity index (χ0n) is 12.6. The van der Waals surface area contributed by atoms with Crippen molar-refractivity contribution in [2.24, 2.45) is 5.16 Å². The van der Waals surface area contributed by atoms with E-state index in [2.05, 4.69) is 10.1 Å². The first-order valence-corrected chi connectivity index (χ1v) is 8.52. The van der Waals surface area contributed by atoms with Gasteiger partial charge >= 0.3 is 0 Å². The number of halogens is 1. The summed E-state index contributed by atoms with van der Waals surface area (Å²) in [5.74, 6) is -0.0807. The Hall–Kier alpha value is -1.92. The molecule has 23 heavy (non-hydrogen) atoms. The quantitative estimate of drug-likeness (QED) is 0.833. The maximum absolute atomic E-state index is 12.4. The van der Waals surface area contributed by atoms with Gasteiger partial charge in [-0.3, -0.25) is 4.79 Å². The molecule has 5 nitrogen and oxygen atoms in total. The SMILES string of the molecule is CN(Cc1cscn1)C(=O)C1CC(Cc2cccc(Cl)c2)=NO1. The summed E-state index contributed by atoms with van der Waals surface area (Å²) in [5.41, 5.74) is 4.55. The summed E-state index contributed by atoms with van der Waals surface area (Å²) in [6.07, 6.45) is 0.597. The van der Waals surface area contributed by atoms with Crippen molar-refractivity contribution in [2.75, 3.05) is 7.05 Å². The minimum atomic E-state index is -0.548. The van der Waals surface area contributed by atoms with Gasteiger partial charge in [0.2, 0.25) is 6.10 Å². The van der Waals surface area contributed by atoms with Gasteiger partial charge in [0, 0.05) is 30.3 Å². The van der Waals surface area contributed by atoms with E-state index in [1.807, 2.05) is 29.6 Å². The first kappa shape index (κ1) is 16.0. The van der Waals surface area contributed by atoms with E-state index < -0.39 is 6.10 Å².